The van der Waals surface area contributed by atoms with Gasteiger partial charge in [0.1, 0.15) is 6.54 Å². The molecular weight excluding hydrogens is 372 g/mol. The topological polar surface area (TPSA) is 29.9 Å². The first-order valence-electron chi connectivity index (χ1n) is 8.40. The summed E-state index contributed by atoms with van der Waals surface area (Å²) in [6, 6.07) is 23.5. The first-order valence-corrected chi connectivity index (χ1v) is 8.40. The van der Waals surface area contributed by atoms with E-state index in [4.69, 9.17) is 5.73 Å². The average molecular weight is 393 g/mol. The molecular formula is C22H21BrN2. The predicted octanol–water partition coefficient (Wildman–Crippen LogP) is 1.86. The fourth-order valence-corrected chi connectivity index (χ4v) is 3.59. The van der Waals surface area contributed by atoms with E-state index in [1.807, 2.05) is 6.07 Å². The minimum absolute atomic E-state index is 0. The van der Waals surface area contributed by atoms with E-state index in [1.54, 1.807) is 0 Å². The Labute approximate surface area is 158 Å². The van der Waals surface area contributed by atoms with E-state index in [0.717, 1.165) is 12.2 Å². The van der Waals surface area contributed by atoms with Gasteiger partial charge in [-0.2, -0.15) is 4.57 Å². The number of fused-ring (bicyclic) bond motifs is 3. The maximum absolute atomic E-state index is 6.09. The molecule has 0 amide bonds. The lowest BCUT2D eigenvalue weighted by atomic mass is 9.97. The molecule has 2 N–H and O–H groups in total. The van der Waals surface area contributed by atoms with Crippen LogP contribution in [0.15, 0.2) is 66.7 Å². The molecule has 126 valence electrons. The van der Waals surface area contributed by atoms with E-state index in [-0.39, 0.29) is 17.0 Å². The molecule has 0 spiro atoms. The number of benzene rings is 3. The molecule has 3 aromatic carbocycles. The minimum Gasteiger partial charge on any atom is -1.00 e. The van der Waals surface area contributed by atoms with Crippen molar-refractivity contribution in [1.29, 1.82) is 0 Å². The highest BCUT2D eigenvalue weighted by Gasteiger charge is 2.22. The largest absolute Gasteiger partial charge is 1.00 e. The third kappa shape index (κ3) is 2.89. The van der Waals surface area contributed by atoms with E-state index in [9.17, 15) is 0 Å². The highest BCUT2D eigenvalue weighted by atomic mass is 79.9. The summed E-state index contributed by atoms with van der Waals surface area (Å²) in [5.74, 6) is 0. The zero-order valence-electron chi connectivity index (χ0n) is 14.5. The van der Waals surface area contributed by atoms with E-state index in [0.29, 0.717) is 0 Å². The van der Waals surface area contributed by atoms with Crippen LogP contribution in [0.2, 0.25) is 0 Å². The van der Waals surface area contributed by atoms with E-state index < -0.39 is 0 Å². The number of aryl methyl sites for hydroxylation is 2. The summed E-state index contributed by atoms with van der Waals surface area (Å²) in [6.45, 7) is 5.24. The summed E-state index contributed by atoms with van der Waals surface area (Å²) >= 11 is 0. The van der Waals surface area contributed by atoms with Gasteiger partial charge in [0.2, 0.25) is 11.2 Å². The second-order valence-electron chi connectivity index (χ2n) is 6.28. The van der Waals surface area contributed by atoms with Crippen LogP contribution in [-0.4, -0.2) is 0 Å². The average Bonchev–Trinajstić information content (AvgIpc) is 2.61. The van der Waals surface area contributed by atoms with Crippen molar-refractivity contribution in [2.45, 2.75) is 20.4 Å². The van der Waals surface area contributed by atoms with Crippen molar-refractivity contribution in [3.63, 3.8) is 0 Å². The van der Waals surface area contributed by atoms with E-state index >= 15 is 0 Å². The maximum atomic E-state index is 6.09. The van der Waals surface area contributed by atoms with Crippen molar-refractivity contribution < 1.29 is 21.5 Å². The number of hydrogen-bond donors (Lipinski definition) is 1. The molecule has 0 aliphatic rings. The van der Waals surface area contributed by atoms with Crippen LogP contribution in [0.5, 0.6) is 0 Å². The van der Waals surface area contributed by atoms with Crippen LogP contribution in [0.1, 0.15) is 12.5 Å². The molecule has 0 atom stereocenters. The van der Waals surface area contributed by atoms with Crippen LogP contribution in [-0.2, 0) is 6.54 Å². The normalized spacial score (nSPS) is 10.8. The predicted molar refractivity (Wildman–Crippen MR) is 102 cm³/mol. The van der Waals surface area contributed by atoms with Gasteiger partial charge in [0.15, 0.2) is 0 Å². The molecule has 0 fully saturated rings. The van der Waals surface area contributed by atoms with Gasteiger partial charge in [-0.05, 0) is 44.2 Å². The quantitative estimate of drug-likeness (QED) is 0.315. The molecule has 1 aromatic heterocycles. The van der Waals surface area contributed by atoms with Gasteiger partial charge in [0.05, 0.1) is 10.8 Å². The zero-order chi connectivity index (χ0) is 16.7. The Morgan fingerprint density at radius 2 is 1.56 bits per heavy atom. The lowest BCUT2D eigenvalue weighted by Crippen LogP contribution is -3.00. The summed E-state index contributed by atoms with van der Waals surface area (Å²) < 4.78 is 2.38. The van der Waals surface area contributed by atoms with Gasteiger partial charge in [-0.3, -0.25) is 0 Å². The molecule has 4 rings (SSSR count). The molecule has 0 radical (unpaired) electrons. The third-order valence-corrected chi connectivity index (χ3v) is 4.67. The maximum Gasteiger partial charge on any atom is 0.220 e. The Balaban J connectivity index is 0.00000182. The number of anilines is 1. The highest BCUT2D eigenvalue weighted by Crippen LogP contribution is 2.32. The second kappa shape index (κ2) is 6.85. The van der Waals surface area contributed by atoms with Gasteiger partial charge in [0, 0.05) is 22.7 Å². The van der Waals surface area contributed by atoms with E-state index in [2.05, 4.69) is 79.1 Å². The summed E-state index contributed by atoms with van der Waals surface area (Å²) in [4.78, 5) is 0. The standard InChI is InChI=1S/C22H20N2.BrH/c1-3-24-21-14-17(23)10-12-19(21)18-11-9-15(2)13-20(18)22(24)16-7-5-4-6-8-16;/h4-14,23H,3H2,1-2H3;1H. The van der Waals surface area contributed by atoms with Crippen molar-refractivity contribution in [1.82, 2.24) is 0 Å². The van der Waals surface area contributed by atoms with Crippen LogP contribution < -0.4 is 27.3 Å². The fourth-order valence-electron chi connectivity index (χ4n) is 3.59. The third-order valence-electron chi connectivity index (χ3n) is 4.67. The van der Waals surface area contributed by atoms with Crippen LogP contribution in [0.25, 0.3) is 32.9 Å². The number of nitrogens with two attached hydrogens (primary N) is 1. The molecule has 25 heavy (non-hydrogen) atoms. The van der Waals surface area contributed by atoms with Crippen LogP contribution in [0, 0.1) is 6.92 Å². The zero-order valence-corrected chi connectivity index (χ0v) is 16.0. The Hall–Kier alpha value is -2.39. The van der Waals surface area contributed by atoms with Crippen LogP contribution in [0.4, 0.5) is 5.69 Å². The van der Waals surface area contributed by atoms with E-state index in [1.165, 1.54) is 38.5 Å². The first-order chi connectivity index (χ1) is 11.7. The Morgan fingerprint density at radius 3 is 2.28 bits per heavy atom. The molecule has 3 heteroatoms. The summed E-state index contributed by atoms with van der Waals surface area (Å²) in [5, 5.41) is 3.82. The van der Waals surface area contributed by atoms with Crippen LogP contribution >= 0.6 is 0 Å². The monoisotopic (exact) mass is 392 g/mol. The number of rotatable bonds is 2. The number of aromatic nitrogens is 1. The van der Waals surface area contributed by atoms with Gasteiger partial charge < -0.3 is 22.7 Å². The van der Waals surface area contributed by atoms with Gasteiger partial charge in [-0.25, -0.2) is 0 Å². The number of pyridine rings is 1. The smallest absolute Gasteiger partial charge is 0.220 e. The van der Waals surface area contributed by atoms with Crippen molar-refractivity contribution >= 4 is 27.4 Å². The van der Waals surface area contributed by atoms with Crippen molar-refractivity contribution in [2.24, 2.45) is 0 Å². The molecule has 0 bridgehead atoms. The first kappa shape index (κ1) is 17.4. The Kier molecular flexibility index (Phi) is 4.78. The van der Waals surface area contributed by atoms with Gasteiger partial charge in [0.25, 0.3) is 0 Å². The van der Waals surface area contributed by atoms with Gasteiger partial charge >= 0.3 is 0 Å². The minimum atomic E-state index is 0. The number of halogens is 1. The summed E-state index contributed by atoms with van der Waals surface area (Å²) in [7, 11) is 0. The number of nitrogens with zero attached hydrogens (tertiary/aromatic N) is 1. The van der Waals surface area contributed by atoms with Gasteiger partial charge in [-0.15, -0.1) is 0 Å². The van der Waals surface area contributed by atoms with Crippen molar-refractivity contribution in [3.8, 4) is 11.3 Å². The molecule has 1 heterocycles. The molecule has 0 unspecified atom stereocenters. The highest BCUT2D eigenvalue weighted by molar-refractivity contribution is 6.09. The molecule has 0 saturated heterocycles. The molecule has 0 saturated carbocycles. The number of hydrogen-bond acceptors (Lipinski definition) is 1. The van der Waals surface area contributed by atoms with Gasteiger partial charge in [-0.1, -0.05) is 35.9 Å². The van der Waals surface area contributed by atoms with Crippen LogP contribution in [0.3, 0.4) is 0 Å². The summed E-state index contributed by atoms with van der Waals surface area (Å²) in [5.41, 5.74) is 11.8. The molecule has 0 aliphatic heterocycles. The summed E-state index contributed by atoms with van der Waals surface area (Å²) in [6.07, 6.45) is 0. The fraction of sp³-hybridized carbons (Fsp3) is 0.136. The molecule has 0 aliphatic carbocycles. The lowest BCUT2D eigenvalue weighted by molar-refractivity contribution is -0.655. The molecule has 4 aromatic rings. The SMILES string of the molecule is CC[n+]1c(-c2ccccc2)c2cc(C)ccc2c2ccc(N)cc21.[Br-]. The van der Waals surface area contributed by atoms with Crippen molar-refractivity contribution in [2.75, 3.05) is 5.73 Å². The number of nitrogen functional groups attached to an aromatic ring is 1. The Morgan fingerprint density at radius 1 is 0.840 bits per heavy atom. The lowest BCUT2D eigenvalue weighted by Gasteiger charge is -2.12. The second-order valence-corrected chi connectivity index (χ2v) is 6.28. The Bertz CT molecular complexity index is 1060. The van der Waals surface area contributed by atoms with Crippen molar-refractivity contribution in [3.05, 3.63) is 72.3 Å². The molecule has 2 nitrogen and oxygen atoms in total.